The van der Waals surface area contributed by atoms with Gasteiger partial charge in [0.15, 0.2) is 0 Å². The van der Waals surface area contributed by atoms with E-state index in [0.29, 0.717) is 23.5 Å². The SMILES string of the molecule is CC(=O)N1CCc2ccc(NC(=O)c3cccc(CSc4cnccn4)c3)cc21. The summed E-state index contributed by atoms with van der Waals surface area (Å²) >= 11 is 1.57. The number of hydrogen-bond donors (Lipinski definition) is 1. The van der Waals surface area contributed by atoms with Gasteiger partial charge in [0.25, 0.3) is 5.91 Å². The number of fused-ring (bicyclic) bond motifs is 1. The summed E-state index contributed by atoms with van der Waals surface area (Å²) in [7, 11) is 0. The molecule has 0 aliphatic carbocycles. The van der Waals surface area contributed by atoms with E-state index in [2.05, 4.69) is 15.3 Å². The number of rotatable bonds is 5. The van der Waals surface area contributed by atoms with Gasteiger partial charge in [0, 0.05) is 48.6 Å². The molecule has 1 aromatic heterocycles. The Morgan fingerprint density at radius 1 is 1.17 bits per heavy atom. The van der Waals surface area contributed by atoms with Crippen molar-refractivity contribution in [3.8, 4) is 0 Å². The predicted octanol–water partition coefficient (Wildman–Crippen LogP) is 3.93. The molecule has 0 saturated heterocycles. The van der Waals surface area contributed by atoms with E-state index in [4.69, 9.17) is 0 Å². The molecule has 3 aromatic rings. The summed E-state index contributed by atoms with van der Waals surface area (Å²) in [6.45, 7) is 2.25. The van der Waals surface area contributed by atoms with Crippen molar-refractivity contribution in [3.05, 3.63) is 77.7 Å². The molecule has 1 aliphatic rings. The maximum Gasteiger partial charge on any atom is 0.255 e. The van der Waals surface area contributed by atoms with E-state index in [1.807, 2.05) is 36.4 Å². The van der Waals surface area contributed by atoms with Crippen molar-refractivity contribution >= 4 is 35.0 Å². The van der Waals surface area contributed by atoms with E-state index < -0.39 is 0 Å². The van der Waals surface area contributed by atoms with Crippen LogP contribution in [0.25, 0.3) is 0 Å². The molecule has 0 bridgehead atoms. The molecule has 0 fully saturated rings. The molecular formula is C22H20N4O2S. The Kier molecular flexibility index (Phi) is 5.57. The van der Waals surface area contributed by atoms with Gasteiger partial charge in [-0.05, 0) is 41.8 Å². The minimum Gasteiger partial charge on any atom is -0.322 e. The second-order valence-corrected chi connectivity index (χ2v) is 7.75. The van der Waals surface area contributed by atoms with Gasteiger partial charge >= 0.3 is 0 Å². The summed E-state index contributed by atoms with van der Waals surface area (Å²) in [5.74, 6) is 0.538. The average Bonchev–Trinajstić information content (AvgIpc) is 3.17. The quantitative estimate of drug-likeness (QED) is 0.652. The Morgan fingerprint density at radius 2 is 2.07 bits per heavy atom. The first-order chi connectivity index (χ1) is 14.1. The van der Waals surface area contributed by atoms with Crippen LogP contribution in [-0.2, 0) is 17.0 Å². The molecule has 6 nitrogen and oxygen atoms in total. The number of carbonyl (C=O) groups excluding carboxylic acids is 2. The monoisotopic (exact) mass is 404 g/mol. The molecule has 0 atom stereocenters. The zero-order valence-electron chi connectivity index (χ0n) is 16.0. The van der Waals surface area contributed by atoms with Crippen LogP contribution in [0.2, 0.25) is 0 Å². The summed E-state index contributed by atoms with van der Waals surface area (Å²) in [6, 6.07) is 13.3. The van der Waals surface area contributed by atoms with Crippen LogP contribution in [0.5, 0.6) is 0 Å². The molecule has 2 aromatic carbocycles. The zero-order chi connectivity index (χ0) is 20.2. The highest BCUT2D eigenvalue weighted by atomic mass is 32.2. The molecule has 146 valence electrons. The third-order valence-electron chi connectivity index (χ3n) is 4.73. The first kappa shape index (κ1) is 19.1. The summed E-state index contributed by atoms with van der Waals surface area (Å²) in [5, 5.41) is 3.79. The summed E-state index contributed by atoms with van der Waals surface area (Å²) < 4.78 is 0. The Hall–Kier alpha value is -3.19. The Bertz CT molecular complexity index is 1060. The third-order valence-corrected chi connectivity index (χ3v) is 5.72. The summed E-state index contributed by atoms with van der Waals surface area (Å²) in [6.07, 6.45) is 5.87. The number of nitrogens with one attached hydrogen (secondary N) is 1. The van der Waals surface area contributed by atoms with Crippen LogP contribution in [0.3, 0.4) is 0 Å². The van der Waals surface area contributed by atoms with Crippen LogP contribution in [0, 0.1) is 0 Å². The van der Waals surface area contributed by atoms with Crippen LogP contribution in [-0.4, -0.2) is 28.3 Å². The normalized spacial score (nSPS) is 12.5. The molecule has 0 saturated carbocycles. The fraction of sp³-hybridized carbons (Fsp3) is 0.182. The lowest BCUT2D eigenvalue weighted by molar-refractivity contribution is -0.116. The lowest BCUT2D eigenvalue weighted by atomic mass is 10.1. The average molecular weight is 404 g/mol. The highest BCUT2D eigenvalue weighted by Gasteiger charge is 2.22. The first-order valence-electron chi connectivity index (χ1n) is 9.30. The van der Waals surface area contributed by atoms with Crippen molar-refractivity contribution in [2.75, 3.05) is 16.8 Å². The maximum atomic E-state index is 12.7. The maximum absolute atomic E-state index is 12.7. The van der Waals surface area contributed by atoms with Crippen LogP contribution in [0.15, 0.2) is 66.1 Å². The van der Waals surface area contributed by atoms with Crippen molar-refractivity contribution in [2.45, 2.75) is 24.1 Å². The van der Waals surface area contributed by atoms with Crippen molar-refractivity contribution in [3.63, 3.8) is 0 Å². The largest absolute Gasteiger partial charge is 0.322 e. The van der Waals surface area contributed by atoms with Crippen molar-refractivity contribution < 1.29 is 9.59 Å². The zero-order valence-corrected chi connectivity index (χ0v) is 16.8. The fourth-order valence-corrected chi connectivity index (χ4v) is 4.07. The van der Waals surface area contributed by atoms with Gasteiger partial charge < -0.3 is 10.2 Å². The Balaban J connectivity index is 1.45. The number of nitrogens with zero attached hydrogens (tertiary/aromatic N) is 3. The number of amides is 2. The lowest BCUT2D eigenvalue weighted by Crippen LogP contribution is -2.25. The summed E-state index contributed by atoms with van der Waals surface area (Å²) in [5.41, 5.74) is 4.31. The van der Waals surface area contributed by atoms with Crippen LogP contribution in [0.1, 0.15) is 28.4 Å². The van der Waals surface area contributed by atoms with E-state index >= 15 is 0 Å². The number of benzene rings is 2. The van der Waals surface area contributed by atoms with Gasteiger partial charge in [-0.15, -0.1) is 11.8 Å². The standard InChI is InChI=1S/C22H20N4O2S/c1-15(27)26-10-7-17-5-6-19(12-20(17)26)25-22(28)18-4-2-3-16(11-18)14-29-21-13-23-8-9-24-21/h2-6,8-9,11-13H,7,10,14H2,1H3,(H,25,28). The topological polar surface area (TPSA) is 75.2 Å². The van der Waals surface area contributed by atoms with E-state index in [0.717, 1.165) is 28.3 Å². The molecule has 0 spiro atoms. The van der Waals surface area contributed by atoms with Gasteiger partial charge in [0.1, 0.15) is 5.03 Å². The minimum absolute atomic E-state index is 0.0144. The van der Waals surface area contributed by atoms with Crippen LogP contribution in [0.4, 0.5) is 11.4 Å². The van der Waals surface area contributed by atoms with E-state index in [1.165, 1.54) is 0 Å². The number of aromatic nitrogens is 2. The van der Waals surface area contributed by atoms with E-state index in [9.17, 15) is 9.59 Å². The molecule has 0 radical (unpaired) electrons. The van der Waals surface area contributed by atoms with Gasteiger partial charge in [-0.1, -0.05) is 18.2 Å². The third kappa shape index (κ3) is 4.46. The number of thioether (sulfide) groups is 1. The first-order valence-corrected chi connectivity index (χ1v) is 10.3. The fourth-order valence-electron chi connectivity index (χ4n) is 3.31. The molecule has 0 unspecified atom stereocenters. The molecule has 1 N–H and O–H groups in total. The van der Waals surface area contributed by atoms with Gasteiger partial charge in [0.2, 0.25) is 5.91 Å². The van der Waals surface area contributed by atoms with Crippen LogP contribution >= 0.6 is 11.8 Å². The minimum atomic E-state index is -0.177. The molecular weight excluding hydrogens is 384 g/mol. The van der Waals surface area contributed by atoms with Gasteiger partial charge in [0.05, 0.1) is 6.20 Å². The second kappa shape index (κ2) is 8.45. The van der Waals surface area contributed by atoms with Crippen molar-refractivity contribution in [2.24, 2.45) is 0 Å². The van der Waals surface area contributed by atoms with Crippen molar-refractivity contribution in [1.82, 2.24) is 9.97 Å². The molecule has 2 amide bonds. The molecule has 2 heterocycles. The lowest BCUT2D eigenvalue weighted by Gasteiger charge is -2.16. The van der Waals surface area contributed by atoms with Gasteiger partial charge in [-0.2, -0.15) is 0 Å². The Morgan fingerprint density at radius 3 is 2.86 bits per heavy atom. The van der Waals surface area contributed by atoms with E-state index in [1.54, 1.807) is 48.2 Å². The molecule has 4 rings (SSSR count). The Labute approximate surface area is 173 Å². The highest BCUT2D eigenvalue weighted by molar-refractivity contribution is 7.98. The number of carbonyl (C=O) groups is 2. The molecule has 1 aliphatic heterocycles. The number of hydrogen-bond acceptors (Lipinski definition) is 5. The molecule has 7 heteroatoms. The van der Waals surface area contributed by atoms with Gasteiger partial charge in [-0.25, -0.2) is 4.98 Å². The van der Waals surface area contributed by atoms with Crippen molar-refractivity contribution in [1.29, 1.82) is 0 Å². The van der Waals surface area contributed by atoms with Gasteiger partial charge in [-0.3, -0.25) is 14.6 Å². The smallest absolute Gasteiger partial charge is 0.255 e. The highest BCUT2D eigenvalue weighted by Crippen LogP contribution is 2.31. The van der Waals surface area contributed by atoms with E-state index in [-0.39, 0.29) is 11.8 Å². The van der Waals surface area contributed by atoms with Crippen LogP contribution < -0.4 is 10.2 Å². The summed E-state index contributed by atoms with van der Waals surface area (Å²) in [4.78, 5) is 34.6. The molecule has 29 heavy (non-hydrogen) atoms. The number of anilines is 2. The predicted molar refractivity (Wildman–Crippen MR) is 114 cm³/mol. The second-order valence-electron chi connectivity index (χ2n) is 6.75.